The molecule has 0 aromatic heterocycles. The first kappa shape index (κ1) is 13.2. The third-order valence-corrected chi connectivity index (χ3v) is 2.47. The molecule has 1 heteroatoms. The average Bonchev–Trinajstić information content (AvgIpc) is 2.15. The second-order valence-corrected chi connectivity index (χ2v) is 5.39. The Morgan fingerprint density at radius 3 is 2.38 bits per heavy atom. The smallest absolute Gasteiger partial charge is 0.0802 e. The van der Waals surface area contributed by atoms with Crippen LogP contribution in [0.25, 0.3) is 0 Å². The summed E-state index contributed by atoms with van der Waals surface area (Å²) in [6.07, 6.45) is 6.93. The van der Waals surface area contributed by atoms with E-state index in [1.54, 1.807) is 19.1 Å². The summed E-state index contributed by atoms with van der Waals surface area (Å²) in [5.74, 6) is 0. The van der Waals surface area contributed by atoms with E-state index in [0.29, 0.717) is 12.5 Å². The highest BCUT2D eigenvalue weighted by Crippen LogP contribution is 2.22. The fraction of sp³-hybridized carbons (Fsp3) is 0.600. The van der Waals surface area contributed by atoms with E-state index >= 15 is 0 Å². The quantitative estimate of drug-likeness (QED) is 0.667. The zero-order chi connectivity index (χ0) is 13.7. The molecular weight excluding hydrogens is 196 g/mol. The van der Waals surface area contributed by atoms with Crippen molar-refractivity contribution in [3.63, 3.8) is 0 Å². The Hall–Kier alpha value is -0.820. The van der Waals surface area contributed by atoms with Crippen molar-refractivity contribution in [1.29, 1.82) is 0 Å². The van der Waals surface area contributed by atoms with E-state index in [0.717, 1.165) is 6.42 Å². The maximum absolute atomic E-state index is 10.2. The van der Waals surface area contributed by atoms with Gasteiger partial charge in [-0.05, 0) is 33.6 Å². The summed E-state index contributed by atoms with van der Waals surface area (Å²) < 4.78 is 7.96. The minimum atomic E-state index is -0.927. The molecule has 0 aliphatic carbocycles. The van der Waals surface area contributed by atoms with Gasteiger partial charge < -0.3 is 5.11 Å². The lowest BCUT2D eigenvalue weighted by atomic mass is 9.89. The van der Waals surface area contributed by atoms with Crippen LogP contribution in [0.3, 0.4) is 0 Å². The Kier molecular flexibility index (Phi) is 5.01. The standard InChI is InChI=1S/C15H26O/c1-7-14(4,5)11-12-15(6,16)10-8-9-13(2)3/h7,9,11-12,16H,1,8,10H2,2-6H3/b12-11+/i11D. The highest BCUT2D eigenvalue weighted by Gasteiger charge is 2.17. The van der Waals surface area contributed by atoms with Crippen molar-refractivity contribution in [2.45, 2.75) is 53.1 Å². The Bertz CT molecular complexity index is 318. The molecule has 0 fully saturated rings. The fourth-order valence-corrected chi connectivity index (χ4v) is 1.13. The number of hydrogen-bond acceptors (Lipinski definition) is 1. The Labute approximate surface area is 102 Å². The van der Waals surface area contributed by atoms with Crippen LogP contribution in [0, 0.1) is 5.41 Å². The van der Waals surface area contributed by atoms with Crippen LogP contribution in [0.4, 0.5) is 0 Å². The number of allylic oxidation sites excluding steroid dienone is 4. The number of rotatable bonds is 6. The second kappa shape index (κ2) is 6.05. The van der Waals surface area contributed by atoms with Gasteiger partial charge in [-0.15, -0.1) is 6.58 Å². The largest absolute Gasteiger partial charge is 0.386 e. The molecule has 0 aliphatic rings. The van der Waals surface area contributed by atoms with Crippen molar-refractivity contribution in [3.05, 3.63) is 36.4 Å². The van der Waals surface area contributed by atoms with Crippen LogP contribution in [0.15, 0.2) is 36.4 Å². The molecule has 0 aliphatic heterocycles. The van der Waals surface area contributed by atoms with Gasteiger partial charge in [-0.3, -0.25) is 0 Å². The lowest BCUT2D eigenvalue weighted by Crippen LogP contribution is -2.21. The molecule has 1 N–H and O–H groups in total. The highest BCUT2D eigenvalue weighted by atomic mass is 16.3. The number of aliphatic hydroxyl groups is 1. The van der Waals surface area contributed by atoms with Gasteiger partial charge in [-0.1, -0.05) is 43.7 Å². The summed E-state index contributed by atoms with van der Waals surface area (Å²) >= 11 is 0. The SMILES string of the molecule is [2H]/C(=C\C(C)(O)CCC=C(C)C)C(C)(C)C=C. The molecule has 1 unspecified atom stereocenters. The number of hydrogen-bond donors (Lipinski definition) is 1. The van der Waals surface area contributed by atoms with Gasteiger partial charge in [0, 0.05) is 5.41 Å². The molecule has 0 aromatic rings. The first-order chi connectivity index (χ1) is 7.60. The molecule has 0 radical (unpaired) electrons. The maximum Gasteiger partial charge on any atom is 0.0802 e. The predicted molar refractivity (Wildman–Crippen MR) is 72.4 cm³/mol. The summed E-state index contributed by atoms with van der Waals surface area (Å²) in [5, 5.41) is 10.2. The molecule has 1 atom stereocenters. The molecule has 0 rings (SSSR count). The molecule has 0 heterocycles. The van der Waals surface area contributed by atoms with Crippen LogP contribution in [0.5, 0.6) is 0 Å². The van der Waals surface area contributed by atoms with E-state index in [1.807, 2.05) is 27.7 Å². The lowest BCUT2D eigenvalue weighted by Gasteiger charge is -2.21. The van der Waals surface area contributed by atoms with Gasteiger partial charge in [0.25, 0.3) is 0 Å². The normalized spacial score (nSPS) is 17.4. The Morgan fingerprint density at radius 2 is 1.94 bits per heavy atom. The lowest BCUT2D eigenvalue weighted by molar-refractivity contribution is 0.102. The van der Waals surface area contributed by atoms with Gasteiger partial charge >= 0.3 is 0 Å². The molecule has 0 amide bonds. The van der Waals surface area contributed by atoms with Gasteiger partial charge in [0.05, 0.1) is 6.97 Å². The van der Waals surface area contributed by atoms with E-state index < -0.39 is 5.60 Å². The molecule has 0 saturated carbocycles. The van der Waals surface area contributed by atoms with Crippen molar-refractivity contribution in [2.75, 3.05) is 0 Å². The first-order valence-corrected chi connectivity index (χ1v) is 5.80. The third-order valence-electron chi connectivity index (χ3n) is 2.47. The van der Waals surface area contributed by atoms with Gasteiger partial charge in [-0.2, -0.15) is 0 Å². The minimum Gasteiger partial charge on any atom is -0.386 e. The Morgan fingerprint density at radius 1 is 1.38 bits per heavy atom. The second-order valence-electron chi connectivity index (χ2n) is 5.39. The first-order valence-electron chi connectivity index (χ1n) is 6.30. The molecule has 0 bridgehead atoms. The van der Waals surface area contributed by atoms with E-state index in [4.69, 9.17) is 1.37 Å². The van der Waals surface area contributed by atoms with Gasteiger partial charge in [0.1, 0.15) is 0 Å². The Balaban J connectivity index is 4.67. The average molecular weight is 223 g/mol. The van der Waals surface area contributed by atoms with Crippen molar-refractivity contribution >= 4 is 0 Å². The van der Waals surface area contributed by atoms with Gasteiger partial charge in [0.2, 0.25) is 0 Å². The monoisotopic (exact) mass is 223 g/mol. The zero-order valence-corrected chi connectivity index (χ0v) is 11.3. The third kappa shape index (κ3) is 7.47. The van der Waals surface area contributed by atoms with E-state index in [-0.39, 0.29) is 5.41 Å². The van der Waals surface area contributed by atoms with E-state index in [1.165, 1.54) is 5.57 Å². The molecule has 0 aromatic carbocycles. The summed E-state index contributed by atoms with van der Waals surface area (Å²) in [4.78, 5) is 0. The summed E-state index contributed by atoms with van der Waals surface area (Å²) in [6.45, 7) is 13.4. The van der Waals surface area contributed by atoms with Crippen molar-refractivity contribution in [2.24, 2.45) is 5.41 Å². The topological polar surface area (TPSA) is 20.2 Å². The van der Waals surface area contributed by atoms with Crippen LogP contribution in [0.1, 0.15) is 48.8 Å². The van der Waals surface area contributed by atoms with Crippen LogP contribution < -0.4 is 0 Å². The van der Waals surface area contributed by atoms with E-state index in [2.05, 4.69) is 12.7 Å². The predicted octanol–water partition coefficient (Wildman–Crippen LogP) is 4.25. The zero-order valence-electron chi connectivity index (χ0n) is 12.3. The van der Waals surface area contributed by atoms with Crippen LogP contribution in [0.2, 0.25) is 0 Å². The van der Waals surface area contributed by atoms with E-state index in [9.17, 15) is 5.11 Å². The molecule has 92 valence electrons. The molecule has 16 heavy (non-hydrogen) atoms. The summed E-state index contributed by atoms with van der Waals surface area (Å²) in [5.41, 5.74) is -0.0635. The van der Waals surface area contributed by atoms with Crippen molar-refractivity contribution < 1.29 is 6.48 Å². The maximum atomic E-state index is 10.2. The van der Waals surface area contributed by atoms with Gasteiger partial charge in [-0.25, -0.2) is 0 Å². The highest BCUT2D eigenvalue weighted by molar-refractivity contribution is 5.10. The molecule has 1 nitrogen and oxygen atoms in total. The summed E-state index contributed by atoms with van der Waals surface area (Å²) in [6, 6.07) is 0.412. The van der Waals surface area contributed by atoms with Crippen LogP contribution >= 0.6 is 0 Å². The molecule has 0 saturated heterocycles. The minimum absolute atomic E-state index is 0.388. The van der Waals surface area contributed by atoms with Crippen molar-refractivity contribution in [3.8, 4) is 0 Å². The van der Waals surface area contributed by atoms with Gasteiger partial charge in [0.15, 0.2) is 0 Å². The van der Waals surface area contributed by atoms with Crippen LogP contribution in [-0.2, 0) is 0 Å². The fourth-order valence-electron chi connectivity index (χ4n) is 1.13. The molecule has 0 spiro atoms. The summed E-state index contributed by atoms with van der Waals surface area (Å²) in [7, 11) is 0. The van der Waals surface area contributed by atoms with Crippen LogP contribution in [-0.4, -0.2) is 10.7 Å². The molecular formula is C15H26O. The van der Waals surface area contributed by atoms with Crippen molar-refractivity contribution in [1.82, 2.24) is 0 Å².